The fourth-order valence-corrected chi connectivity index (χ4v) is 0.204. The van der Waals surface area contributed by atoms with Crippen molar-refractivity contribution in [1.29, 1.82) is 0 Å². The standard InChI is InChI=1S/C4H10O.Ca.2H/c1-3-5-4-2;;;/h3-4H2,1-2H3;;;/q;+2;2*-1. The van der Waals surface area contributed by atoms with Gasteiger partial charge >= 0.3 is 37.7 Å². The number of rotatable bonds is 2. The topological polar surface area (TPSA) is 9.23 Å². The Balaban J connectivity index is -0.0000000267. The first-order valence-corrected chi connectivity index (χ1v) is 1.99. The summed E-state index contributed by atoms with van der Waals surface area (Å²) in [7, 11) is 0. The molecule has 0 aliphatic rings. The second kappa shape index (κ2) is 9.52. The second-order valence-electron chi connectivity index (χ2n) is 0.781. The van der Waals surface area contributed by atoms with Gasteiger partial charge in [-0.2, -0.15) is 0 Å². The Labute approximate surface area is 72.0 Å². The van der Waals surface area contributed by atoms with E-state index in [1.165, 1.54) is 0 Å². The van der Waals surface area contributed by atoms with Crippen molar-refractivity contribution in [3.05, 3.63) is 0 Å². The van der Waals surface area contributed by atoms with Gasteiger partial charge in [0.05, 0.1) is 0 Å². The molecule has 36 valence electrons. The van der Waals surface area contributed by atoms with Crippen molar-refractivity contribution >= 4 is 37.7 Å². The van der Waals surface area contributed by atoms with Gasteiger partial charge in [0.1, 0.15) is 0 Å². The van der Waals surface area contributed by atoms with Crippen LogP contribution < -0.4 is 0 Å². The monoisotopic (exact) mass is 116 g/mol. The van der Waals surface area contributed by atoms with Gasteiger partial charge in [0.25, 0.3) is 0 Å². The molecule has 1 nitrogen and oxygen atoms in total. The van der Waals surface area contributed by atoms with Gasteiger partial charge in [-0.05, 0) is 13.8 Å². The quantitative estimate of drug-likeness (QED) is 0.487. The first-order chi connectivity index (χ1) is 2.41. The third-order valence-corrected chi connectivity index (χ3v) is 0.408. The third kappa shape index (κ3) is 8.97. The Morgan fingerprint density at radius 3 is 1.67 bits per heavy atom. The van der Waals surface area contributed by atoms with Crippen LogP contribution in [0.3, 0.4) is 0 Å². The van der Waals surface area contributed by atoms with Crippen molar-refractivity contribution in [2.75, 3.05) is 13.2 Å². The molecule has 0 aromatic carbocycles. The van der Waals surface area contributed by atoms with Crippen LogP contribution in [0.15, 0.2) is 0 Å². The average molecular weight is 116 g/mol. The van der Waals surface area contributed by atoms with E-state index in [9.17, 15) is 0 Å². The van der Waals surface area contributed by atoms with E-state index in [-0.39, 0.29) is 40.6 Å². The van der Waals surface area contributed by atoms with E-state index >= 15 is 0 Å². The molecule has 0 radical (unpaired) electrons. The van der Waals surface area contributed by atoms with Crippen LogP contribution in [-0.2, 0) is 4.74 Å². The Kier molecular flexibility index (Phi) is 16.3. The smallest absolute Gasteiger partial charge is 1.00 e. The van der Waals surface area contributed by atoms with E-state index < -0.39 is 0 Å². The van der Waals surface area contributed by atoms with Crippen molar-refractivity contribution in [2.45, 2.75) is 13.8 Å². The minimum absolute atomic E-state index is 0. The first kappa shape index (κ1) is 10.3. The molecule has 0 N–H and O–H groups in total. The van der Waals surface area contributed by atoms with Gasteiger partial charge < -0.3 is 7.59 Å². The molecule has 0 aliphatic carbocycles. The zero-order chi connectivity index (χ0) is 4.12. The molecule has 0 spiro atoms. The van der Waals surface area contributed by atoms with E-state index in [1.54, 1.807) is 0 Å². The second-order valence-corrected chi connectivity index (χ2v) is 0.781. The van der Waals surface area contributed by atoms with Crippen LogP contribution >= 0.6 is 0 Å². The van der Waals surface area contributed by atoms with Crippen LogP contribution in [0.1, 0.15) is 16.7 Å². The van der Waals surface area contributed by atoms with Crippen molar-refractivity contribution in [2.24, 2.45) is 0 Å². The van der Waals surface area contributed by atoms with Gasteiger partial charge in [-0.3, -0.25) is 0 Å². The molecular weight excluding hydrogens is 104 g/mol. The fraction of sp³-hybridized carbons (Fsp3) is 1.00. The Bertz CT molecular complexity index is 21.5. The summed E-state index contributed by atoms with van der Waals surface area (Å²) in [6.45, 7) is 5.67. The predicted octanol–water partition coefficient (Wildman–Crippen LogP) is 0.887. The van der Waals surface area contributed by atoms with Crippen LogP contribution in [0.2, 0.25) is 0 Å². The summed E-state index contributed by atoms with van der Waals surface area (Å²) in [5.41, 5.74) is 0. The molecule has 0 rings (SSSR count). The molecule has 0 saturated carbocycles. The van der Waals surface area contributed by atoms with Gasteiger partial charge in [-0.25, -0.2) is 0 Å². The third-order valence-electron chi connectivity index (χ3n) is 0.408. The summed E-state index contributed by atoms with van der Waals surface area (Å²) in [5.74, 6) is 0. The fourth-order valence-electron chi connectivity index (χ4n) is 0.204. The zero-order valence-electron chi connectivity index (χ0n) is 6.53. The number of hydrogen-bond acceptors (Lipinski definition) is 1. The average Bonchev–Trinajstić information content (AvgIpc) is 1.41. The van der Waals surface area contributed by atoms with Crippen LogP contribution in [-0.4, -0.2) is 51.0 Å². The maximum absolute atomic E-state index is 4.83. The molecule has 0 atom stereocenters. The van der Waals surface area contributed by atoms with E-state index in [1.807, 2.05) is 13.8 Å². The molecule has 0 saturated heterocycles. The van der Waals surface area contributed by atoms with Gasteiger partial charge in [-0.1, -0.05) is 0 Å². The molecular formula is C4H12CaO. The molecule has 0 aromatic rings. The van der Waals surface area contributed by atoms with E-state index in [4.69, 9.17) is 4.74 Å². The first-order valence-electron chi connectivity index (χ1n) is 1.99. The molecule has 0 heterocycles. The predicted molar refractivity (Wildman–Crippen MR) is 30.1 cm³/mol. The van der Waals surface area contributed by atoms with Crippen LogP contribution in [0, 0.1) is 0 Å². The summed E-state index contributed by atoms with van der Waals surface area (Å²) in [4.78, 5) is 0. The van der Waals surface area contributed by atoms with Crippen molar-refractivity contribution in [1.82, 2.24) is 0 Å². The van der Waals surface area contributed by atoms with Gasteiger partial charge in [-0.15, -0.1) is 0 Å². The molecule has 0 bridgehead atoms. The van der Waals surface area contributed by atoms with Gasteiger partial charge in [0.2, 0.25) is 0 Å². The van der Waals surface area contributed by atoms with Gasteiger partial charge in [0, 0.05) is 13.2 Å². The van der Waals surface area contributed by atoms with Crippen LogP contribution in [0.25, 0.3) is 0 Å². The SMILES string of the molecule is CCOCC.[Ca+2].[H-].[H-]. The molecule has 0 unspecified atom stereocenters. The summed E-state index contributed by atoms with van der Waals surface area (Å²) < 4.78 is 4.83. The minimum Gasteiger partial charge on any atom is -1.00 e. The minimum atomic E-state index is 0. The molecule has 0 amide bonds. The normalized spacial score (nSPS) is 7.00. The maximum Gasteiger partial charge on any atom is 2.00 e. The Morgan fingerprint density at radius 2 is 1.67 bits per heavy atom. The molecule has 6 heavy (non-hydrogen) atoms. The largest absolute Gasteiger partial charge is 2.00 e. The molecule has 0 fully saturated rings. The van der Waals surface area contributed by atoms with Gasteiger partial charge in [0.15, 0.2) is 0 Å². The summed E-state index contributed by atoms with van der Waals surface area (Å²) in [6, 6.07) is 0. The summed E-state index contributed by atoms with van der Waals surface area (Å²) >= 11 is 0. The molecule has 0 aliphatic heterocycles. The summed E-state index contributed by atoms with van der Waals surface area (Å²) in [6.07, 6.45) is 0. The van der Waals surface area contributed by atoms with E-state index in [0.717, 1.165) is 13.2 Å². The van der Waals surface area contributed by atoms with E-state index in [0.29, 0.717) is 0 Å². The Hall–Kier alpha value is 1.22. The molecule has 0 aromatic heterocycles. The van der Waals surface area contributed by atoms with Crippen LogP contribution in [0.4, 0.5) is 0 Å². The van der Waals surface area contributed by atoms with E-state index in [2.05, 4.69) is 0 Å². The van der Waals surface area contributed by atoms with Crippen LogP contribution in [0.5, 0.6) is 0 Å². The van der Waals surface area contributed by atoms with Crippen molar-refractivity contribution in [3.8, 4) is 0 Å². The number of ether oxygens (including phenoxy) is 1. The summed E-state index contributed by atoms with van der Waals surface area (Å²) in [5, 5.41) is 0. The van der Waals surface area contributed by atoms with Crippen molar-refractivity contribution in [3.63, 3.8) is 0 Å². The maximum atomic E-state index is 4.83. The zero-order valence-corrected chi connectivity index (χ0v) is 6.74. The Morgan fingerprint density at radius 1 is 1.33 bits per heavy atom. The van der Waals surface area contributed by atoms with Crippen molar-refractivity contribution < 1.29 is 7.59 Å². The number of hydrogen-bond donors (Lipinski definition) is 0. The molecule has 2 heteroatoms.